The van der Waals surface area contributed by atoms with E-state index in [2.05, 4.69) is 0 Å². The normalized spacial score (nSPS) is 24.7. The summed E-state index contributed by atoms with van der Waals surface area (Å²) in [5, 5.41) is 0. The summed E-state index contributed by atoms with van der Waals surface area (Å²) in [6.45, 7) is 6.52. The van der Waals surface area contributed by atoms with Crippen LogP contribution in [0.5, 0.6) is 0 Å². The molecule has 3 fully saturated rings. The number of rotatable bonds is 5. The number of likely N-dealkylation sites (tertiary alicyclic amines) is 1. The summed E-state index contributed by atoms with van der Waals surface area (Å²) in [5.41, 5.74) is -0.374. The summed E-state index contributed by atoms with van der Waals surface area (Å²) >= 11 is 0. The number of ether oxygens (including phenoxy) is 2. The van der Waals surface area contributed by atoms with Crippen LogP contribution in [0, 0.1) is 5.92 Å². The molecule has 0 aromatic heterocycles. The van der Waals surface area contributed by atoms with E-state index < -0.39 is 0 Å². The highest BCUT2D eigenvalue weighted by Gasteiger charge is 2.42. The Labute approximate surface area is 157 Å². The van der Waals surface area contributed by atoms with Crippen molar-refractivity contribution in [1.29, 1.82) is 0 Å². The predicted molar refractivity (Wildman–Crippen MR) is 98.8 cm³/mol. The largest absolute Gasteiger partial charge is 0.380 e. The smallest absolute Gasteiger partial charge is 0.225 e. The molecule has 0 bridgehead atoms. The minimum atomic E-state index is -0.374. The van der Waals surface area contributed by atoms with Crippen LogP contribution in [0.2, 0.25) is 0 Å². The molecule has 6 heteroatoms. The number of hydrogen-bond acceptors (Lipinski definition) is 4. The first-order chi connectivity index (χ1) is 12.6. The lowest BCUT2D eigenvalue weighted by Gasteiger charge is -2.41. The van der Waals surface area contributed by atoms with E-state index in [9.17, 15) is 9.59 Å². The van der Waals surface area contributed by atoms with Gasteiger partial charge in [-0.3, -0.25) is 9.59 Å². The highest BCUT2D eigenvalue weighted by Crippen LogP contribution is 2.34. The van der Waals surface area contributed by atoms with Crippen molar-refractivity contribution in [3.63, 3.8) is 0 Å². The highest BCUT2D eigenvalue weighted by atomic mass is 16.5. The van der Waals surface area contributed by atoms with Crippen molar-refractivity contribution in [2.75, 3.05) is 46.0 Å². The lowest BCUT2D eigenvalue weighted by Crippen LogP contribution is -2.50. The Morgan fingerprint density at radius 1 is 1.19 bits per heavy atom. The van der Waals surface area contributed by atoms with Crippen LogP contribution in [0.3, 0.4) is 0 Å². The van der Waals surface area contributed by atoms with Gasteiger partial charge in [-0.2, -0.15) is 0 Å². The van der Waals surface area contributed by atoms with Gasteiger partial charge in [-0.05, 0) is 32.6 Å². The number of hydrogen-bond donors (Lipinski definition) is 0. The maximum atomic E-state index is 12.8. The Hall–Kier alpha value is -1.14. The molecule has 2 heterocycles. The SMILES string of the molecule is CCOCCN1CCOC2(CCN(C(=O)C3CCCCC3)CC2)CC1=O. The number of carbonyl (C=O) groups is 2. The number of amides is 2. The Bertz CT molecular complexity index is 482. The van der Waals surface area contributed by atoms with Crippen LogP contribution in [-0.4, -0.2) is 73.2 Å². The van der Waals surface area contributed by atoms with Crippen molar-refractivity contribution in [3.05, 3.63) is 0 Å². The minimum Gasteiger partial charge on any atom is -0.380 e. The van der Waals surface area contributed by atoms with E-state index >= 15 is 0 Å². The highest BCUT2D eigenvalue weighted by molar-refractivity contribution is 5.79. The van der Waals surface area contributed by atoms with Crippen LogP contribution in [0.15, 0.2) is 0 Å². The number of piperidine rings is 1. The second kappa shape index (κ2) is 9.18. The van der Waals surface area contributed by atoms with E-state index in [0.717, 1.165) is 38.8 Å². The molecule has 2 amide bonds. The van der Waals surface area contributed by atoms with Crippen molar-refractivity contribution in [2.24, 2.45) is 5.92 Å². The average Bonchev–Trinajstić information content (AvgIpc) is 2.82. The van der Waals surface area contributed by atoms with Gasteiger partial charge in [0.1, 0.15) is 0 Å². The van der Waals surface area contributed by atoms with E-state index in [0.29, 0.717) is 45.2 Å². The molecule has 1 aliphatic carbocycles. The summed E-state index contributed by atoms with van der Waals surface area (Å²) in [6.07, 6.45) is 7.71. The van der Waals surface area contributed by atoms with Crippen LogP contribution in [0.4, 0.5) is 0 Å². The van der Waals surface area contributed by atoms with Gasteiger partial charge >= 0.3 is 0 Å². The van der Waals surface area contributed by atoms with E-state index in [1.165, 1.54) is 19.3 Å². The molecular weight excluding hydrogens is 332 g/mol. The fraction of sp³-hybridized carbons (Fsp3) is 0.900. The van der Waals surface area contributed by atoms with Crippen LogP contribution < -0.4 is 0 Å². The number of carbonyl (C=O) groups excluding carboxylic acids is 2. The lowest BCUT2D eigenvalue weighted by atomic mass is 9.85. The predicted octanol–water partition coefficient (Wildman–Crippen LogP) is 2.21. The summed E-state index contributed by atoms with van der Waals surface area (Å²) in [6, 6.07) is 0. The van der Waals surface area contributed by atoms with Crippen molar-refractivity contribution in [2.45, 2.75) is 63.9 Å². The van der Waals surface area contributed by atoms with Crippen LogP contribution in [0.25, 0.3) is 0 Å². The molecule has 0 aromatic carbocycles. The molecule has 0 atom stereocenters. The molecule has 1 spiro atoms. The number of nitrogens with zero attached hydrogens (tertiary/aromatic N) is 2. The zero-order valence-electron chi connectivity index (χ0n) is 16.2. The topological polar surface area (TPSA) is 59.1 Å². The van der Waals surface area contributed by atoms with Gasteiger partial charge in [0.2, 0.25) is 11.8 Å². The second-order valence-corrected chi connectivity index (χ2v) is 7.95. The van der Waals surface area contributed by atoms with Gasteiger partial charge in [-0.1, -0.05) is 19.3 Å². The summed E-state index contributed by atoms with van der Waals surface area (Å²) in [5.74, 6) is 0.718. The van der Waals surface area contributed by atoms with Gasteiger partial charge < -0.3 is 19.3 Å². The molecule has 3 rings (SSSR count). The molecule has 26 heavy (non-hydrogen) atoms. The van der Waals surface area contributed by atoms with E-state index in [1.54, 1.807) is 0 Å². The van der Waals surface area contributed by atoms with E-state index in [4.69, 9.17) is 9.47 Å². The molecular formula is C20H34N2O4. The van der Waals surface area contributed by atoms with Crippen LogP contribution >= 0.6 is 0 Å². The molecule has 0 aromatic rings. The van der Waals surface area contributed by atoms with Crippen LogP contribution in [-0.2, 0) is 19.1 Å². The fourth-order valence-corrected chi connectivity index (χ4v) is 4.55. The van der Waals surface area contributed by atoms with Gasteiger partial charge in [-0.25, -0.2) is 0 Å². The molecule has 0 N–H and O–H groups in total. The van der Waals surface area contributed by atoms with Gasteiger partial charge in [-0.15, -0.1) is 0 Å². The Balaban J connectivity index is 1.51. The van der Waals surface area contributed by atoms with Crippen molar-refractivity contribution in [3.8, 4) is 0 Å². The third-order valence-corrected chi connectivity index (χ3v) is 6.25. The third-order valence-electron chi connectivity index (χ3n) is 6.25. The first-order valence-corrected chi connectivity index (χ1v) is 10.4. The zero-order valence-corrected chi connectivity index (χ0v) is 16.2. The summed E-state index contributed by atoms with van der Waals surface area (Å²) < 4.78 is 11.6. The Kier molecular flexibility index (Phi) is 6.92. The Morgan fingerprint density at radius 3 is 2.62 bits per heavy atom. The fourth-order valence-electron chi connectivity index (χ4n) is 4.55. The maximum absolute atomic E-state index is 12.8. The van der Waals surface area contributed by atoms with Gasteiger partial charge in [0.15, 0.2) is 0 Å². The first-order valence-electron chi connectivity index (χ1n) is 10.4. The quantitative estimate of drug-likeness (QED) is 0.700. The zero-order chi connectivity index (χ0) is 18.4. The monoisotopic (exact) mass is 366 g/mol. The van der Waals surface area contributed by atoms with Gasteiger partial charge in [0.25, 0.3) is 0 Å². The molecule has 148 valence electrons. The summed E-state index contributed by atoms with van der Waals surface area (Å²) in [4.78, 5) is 29.3. The molecule has 2 aliphatic heterocycles. The van der Waals surface area contributed by atoms with E-state index in [1.807, 2.05) is 16.7 Å². The van der Waals surface area contributed by atoms with Gasteiger partial charge in [0.05, 0.1) is 25.2 Å². The molecule has 1 saturated carbocycles. The van der Waals surface area contributed by atoms with E-state index in [-0.39, 0.29) is 17.4 Å². The van der Waals surface area contributed by atoms with Crippen molar-refractivity contribution >= 4 is 11.8 Å². The van der Waals surface area contributed by atoms with Crippen molar-refractivity contribution < 1.29 is 19.1 Å². The first kappa shape index (κ1) is 19.6. The Morgan fingerprint density at radius 2 is 1.92 bits per heavy atom. The average molecular weight is 367 g/mol. The maximum Gasteiger partial charge on any atom is 0.225 e. The molecule has 0 unspecified atom stereocenters. The standard InChI is InChI=1S/C20H34N2O4/c1-2-25-14-12-21-13-15-26-20(16-18(21)23)8-10-22(11-9-20)19(24)17-6-4-3-5-7-17/h17H,2-16H2,1H3. The van der Waals surface area contributed by atoms with Gasteiger partial charge in [0, 0.05) is 38.7 Å². The molecule has 3 aliphatic rings. The van der Waals surface area contributed by atoms with Crippen molar-refractivity contribution in [1.82, 2.24) is 9.80 Å². The lowest BCUT2D eigenvalue weighted by molar-refractivity contribution is -0.145. The minimum absolute atomic E-state index is 0.161. The third kappa shape index (κ3) is 4.77. The molecule has 6 nitrogen and oxygen atoms in total. The molecule has 0 radical (unpaired) electrons. The second-order valence-electron chi connectivity index (χ2n) is 7.95. The molecule has 2 saturated heterocycles. The summed E-state index contributed by atoms with van der Waals surface area (Å²) in [7, 11) is 0. The van der Waals surface area contributed by atoms with Crippen LogP contribution in [0.1, 0.15) is 58.3 Å².